The highest BCUT2D eigenvalue weighted by molar-refractivity contribution is 7.90. The molecule has 0 radical (unpaired) electrons. The number of methoxy groups -OCH3 is 1. The molecular formula is C42H57ClFN5O6S. The lowest BCUT2D eigenvalue weighted by Crippen LogP contribution is -2.61. The molecule has 1 amide bonds. The van der Waals surface area contributed by atoms with E-state index in [1.807, 2.05) is 20.1 Å². The molecule has 1 saturated carbocycles. The Kier molecular flexibility index (Phi) is 11.7. The zero-order valence-electron chi connectivity index (χ0n) is 33.0. The second-order valence-electron chi connectivity index (χ2n) is 17.0. The Hall–Kier alpha value is -2.81. The molecule has 2 aliphatic carbocycles. The van der Waals surface area contributed by atoms with E-state index in [1.165, 1.54) is 11.6 Å². The maximum atomic E-state index is 15.7. The van der Waals surface area contributed by atoms with Crippen LogP contribution in [0.3, 0.4) is 0 Å². The molecule has 7 aliphatic rings. The average molecular weight is 814 g/mol. The second kappa shape index (κ2) is 16.4. The standard InChI is InChI=1S/C42H57ClFN5O6S/c1-27-28(2)56(51,52)46-41(50)37-11-12-38-40(45-37)49(24-29-8-10-36(43)39(44)34(29)6-4-5-19-55-38)25-30-7-9-35(30)42(53-3,32-22-31(27)23-32)26-47-15-13-33(14-16-47)48-17-20-54-21-18-48/h8,10-12,22,27-28,30-31,33,35H,4-7,9,13-21,23-26H2,1-3H3,(H,46,50)/t27-,28-,30+,31+,35-,42+/m1/s1. The summed E-state index contributed by atoms with van der Waals surface area (Å²) in [5, 5.41) is -0.733. The van der Waals surface area contributed by atoms with Crippen molar-refractivity contribution >= 4 is 33.3 Å². The Labute approximate surface area is 336 Å². The van der Waals surface area contributed by atoms with Crippen molar-refractivity contribution in [2.24, 2.45) is 23.7 Å². The molecule has 3 fully saturated rings. The Morgan fingerprint density at radius 2 is 1.80 bits per heavy atom. The molecule has 1 aromatic heterocycles. The van der Waals surface area contributed by atoms with Gasteiger partial charge >= 0.3 is 0 Å². The van der Waals surface area contributed by atoms with Gasteiger partial charge in [-0.3, -0.25) is 14.6 Å². The smallest absolute Gasteiger partial charge is 0.283 e. The highest BCUT2D eigenvalue weighted by Gasteiger charge is 2.54. The molecule has 14 heteroatoms. The first-order chi connectivity index (χ1) is 27.0. The molecule has 2 aromatic rings. The number of allylic oxidation sites excluding steroid dienone is 1. The summed E-state index contributed by atoms with van der Waals surface area (Å²) in [6, 6.07) is 7.30. The first-order valence-corrected chi connectivity index (χ1v) is 22.6. The monoisotopic (exact) mass is 813 g/mol. The third-order valence-corrected chi connectivity index (χ3v) is 16.2. The average Bonchev–Trinajstić information content (AvgIpc) is 3.20. The van der Waals surface area contributed by atoms with Gasteiger partial charge in [-0.15, -0.1) is 0 Å². The second-order valence-corrected chi connectivity index (χ2v) is 19.4. The summed E-state index contributed by atoms with van der Waals surface area (Å²) in [5.41, 5.74) is 2.05. The van der Waals surface area contributed by atoms with E-state index in [1.54, 1.807) is 19.1 Å². The van der Waals surface area contributed by atoms with E-state index in [0.29, 0.717) is 62.1 Å². The van der Waals surface area contributed by atoms with Crippen molar-refractivity contribution in [3.05, 3.63) is 63.6 Å². The van der Waals surface area contributed by atoms with E-state index in [9.17, 15) is 13.2 Å². The molecule has 6 atom stereocenters. The minimum Gasteiger partial charge on any atom is -0.490 e. The van der Waals surface area contributed by atoms with Gasteiger partial charge in [0.1, 0.15) is 17.1 Å². The maximum Gasteiger partial charge on any atom is 0.283 e. The van der Waals surface area contributed by atoms with Gasteiger partial charge in [0.2, 0.25) is 10.0 Å². The first-order valence-electron chi connectivity index (χ1n) is 20.7. The number of ether oxygens (including phenoxy) is 3. The Bertz CT molecular complexity index is 1920. The van der Waals surface area contributed by atoms with Crippen molar-refractivity contribution < 1.29 is 31.8 Å². The third-order valence-electron chi connectivity index (χ3n) is 14.1. The molecule has 11 nitrogen and oxygen atoms in total. The van der Waals surface area contributed by atoms with Crippen LogP contribution in [0, 0.1) is 29.5 Å². The van der Waals surface area contributed by atoms with E-state index in [0.717, 1.165) is 83.6 Å². The number of aromatic nitrogens is 1. The fourth-order valence-corrected chi connectivity index (χ4v) is 11.7. The van der Waals surface area contributed by atoms with Crippen LogP contribution >= 0.6 is 11.6 Å². The van der Waals surface area contributed by atoms with Gasteiger partial charge in [0, 0.05) is 45.9 Å². The van der Waals surface area contributed by atoms with Crippen LogP contribution in [0.25, 0.3) is 0 Å². The highest BCUT2D eigenvalue weighted by Crippen LogP contribution is 2.53. The number of hydrogen-bond donors (Lipinski definition) is 1. The summed E-state index contributed by atoms with van der Waals surface area (Å²) in [7, 11) is -2.21. The number of hydrogen-bond acceptors (Lipinski definition) is 10. The molecule has 5 aliphatic heterocycles. The summed E-state index contributed by atoms with van der Waals surface area (Å²) in [4.78, 5) is 25.8. The normalized spacial score (nSPS) is 31.9. The molecule has 1 N–H and O–H groups in total. The molecule has 56 heavy (non-hydrogen) atoms. The fourth-order valence-electron chi connectivity index (χ4n) is 10.2. The molecule has 9 rings (SSSR count). The number of benzene rings is 1. The Balaban J connectivity index is 1.18. The van der Waals surface area contributed by atoms with Crippen LogP contribution in [0.1, 0.15) is 80.4 Å². The van der Waals surface area contributed by atoms with Crippen molar-refractivity contribution in [2.75, 3.05) is 71.1 Å². The van der Waals surface area contributed by atoms with Gasteiger partial charge in [0.05, 0.1) is 30.1 Å². The number of nitrogens with zero attached hydrogens (tertiary/aromatic N) is 4. The summed E-state index contributed by atoms with van der Waals surface area (Å²) >= 11 is 6.33. The number of fused-ring (bicyclic) bond motifs is 5. The van der Waals surface area contributed by atoms with Gasteiger partial charge in [-0.1, -0.05) is 30.7 Å². The number of halogens is 2. The lowest BCUT2D eigenvalue weighted by atomic mass is 9.58. The number of amides is 1. The predicted molar refractivity (Wildman–Crippen MR) is 214 cm³/mol. The Morgan fingerprint density at radius 3 is 2.52 bits per heavy atom. The van der Waals surface area contributed by atoms with Gasteiger partial charge in [-0.2, -0.15) is 0 Å². The number of nitrogens with one attached hydrogen (secondary N) is 1. The molecule has 2 saturated heterocycles. The summed E-state index contributed by atoms with van der Waals surface area (Å²) in [6.07, 6.45) is 9.09. The first kappa shape index (κ1) is 40.0. The number of carbonyl (C=O) groups excluding carboxylic acids is 1. The minimum absolute atomic E-state index is 0.0204. The largest absolute Gasteiger partial charge is 0.490 e. The fraction of sp³-hybridized carbons (Fsp3) is 0.667. The Morgan fingerprint density at radius 1 is 1.04 bits per heavy atom. The molecule has 1 aromatic carbocycles. The van der Waals surface area contributed by atoms with Gasteiger partial charge in [0.25, 0.3) is 5.91 Å². The zero-order chi connectivity index (χ0) is 39.2. The van der Waals surface area contributed by atoms with Crippen molar-refractivity contribution in [1.29, 1.82) is 0 Å². The molecule has 4 bridgehead atoms. The number of sulfonamides is 1. The minimum atomic E-state index is -4.06. The predicted octanol–water partition coefficient (Wildman–Crippen LogP) is 5.85. The molecule has 0 unspecified atom stereocenters. The number of likely N-dealkylation sites (tertiary alicyclic amines) is 1. The molecular weight excluding hydrogens is 757 g/mol. The number of pyridine rings is 1. The van der Waals surface area contributed by atoms with Crippen molar-refractivity contribution in [1.82, 2.24) is 19.5 Å². The highest BCUT2D eigenvalue weighted by atomic mass is 35.5. The number of piperidine rings is 1. The van der Waals surface area contributed by atoms with Gasteiger partial charge < -0.3 is 19.1 Å². The van der Waals surface area contributed by atoms with Crippen LogP contribution in [0.4, 0.5) is 10.2 Å². The molecule has 306 valence electrons. The maximum absolute atomic E-state index is 15.7. The van der Waals surface area contributed by atoms with Gasteiger partial charge in [0.15, 0.2) is 11.6 Å². The lowest BCUT2D eigenvalue weighted by Gasteiger charge is -2.56. The quantitative estimate of drug-likeness (QED) is 0.378. The number of rotatable bonds is 4. The van der Waals surface area contributed by atoms with E-state index in [4.69, 9.17) is 30.8 Å². The van der Waals surface area contributed by atoms with Crippen LogP contribution in [-0.2, 0) is 32.5 Å². The van der Waals surface area contributed by atoms with Crippen LogP contribution < -0.4 is 14.4 Å². The van der Waals surface area contributed by atoms with E-state index in [-0.39, 0.29) is 34.4 Å². The van der Waals surface area contributed by atoms with E-state index in [2.05, 4.69) is 25.5 Å². The van der Waals surface area contributed by atoms with Gasteiger partial charge in [-0.05, 0) is 130 Å². The van der Waals surface area contributed by atoms with Gasteiger partial charge in [-0.25, -0.2) is 22.5 Å². The third kappa shape index (κ3) is 7.73. The van der Waals surface area contributed by atoms with Crippen LogP contribution in [0.2, 0.25) is 5.02 Å². The van der Waals surface area contributed by atoms with Crippen LogP contribution in [-0.4, -0.2) is 112 Å². The molecule has 6 heterocycles. The lowest BCUT2D eigenvalue weighted by molar-refractivity contribution is -0.109. The SMILES string of the molecule is CO[C@@]1(CN2CCC(N3CCOCC3)CC2)C2=C[C@@H](C2)[C@H](C)[C@@H](C)S(=O)(=O)NC(=O)c2ccc3c(n2)N(Cc2ccc(Cl)c(F)c2CCCCO3)C[C@@H]2CC[C@H]21. The van der Waals surface area contributed by atoms with Crippen molar-refractivity contribution in [3.63, 3.8) is 0 Å². The summed E-state index contributed by atoms with van der Waals surface area (Å²) in [5.74, 6) is -0.0671. The van der Waals surface area contributed by atoms with Crippen molar-refractivity contribution in [3.8, 4) is 5.75 Å². The summed E-state index contributed by atoms with van der Waals surface area (Å²) < 4.78 is 64.4. The number of morpholine rings is 1. The summed E-state index contributed by atoms with van der Waals surface area (Å²) in [6.45, 7) is 11.2. The zero-order valence-corrected chi connectivity index (χ0v) is 34.6. The number of carbonyl (C=O) groups is 1. The van der Waals surface area contributed by atoms with Crippen LogP contribution in [0.15, 0.2) is 35.9 Å². The molecule has 0 spiro atoms. The van der Waals surface area contributed by atoms with Crippen molar-refractivity contribution in [2.45, 2.75) is 88.7 Å². The van der Waals surface area contributed by atoms with E-state index >= 15 is 4.39 Å². The topological polar surface area (TPSA) is 114 Å². The number of anilines is 1. The van der Waals surface area contributed by atoms with Crippen LogP contribution in [0.5, 0.6) is 5.75 Å². The van der Waals surface area contributed by atoms with E-state index < -0.39 is 32.6 Å².